The van der Waals surface area contributed by atoms with Gasteiger partial charge in [-0.1, -0.05) is 6.92 Å². The monoisotopic (exact) mass is 388 g/mol. The van der Waals surface area contributed by atoms with Crippen LogP contribution in [-0.2, 0) is 17.8 Å². The molecule has 0 aliphatic carbocycles. The van der Waals surface area contributed by atoms with Crippen molar-refractivity contribution in [3.63, 3.8) is 0 Å². The van der Waals surface area contributed by atoms with Crippen LogP contribution in [0.1, 0.15) is 13.3 Å². The van der Waals surface area contributed by atoms with Crippen molar-refractivity contribution in [2.45, 2.75) is 25.0 Å². The highest BCUT2D eigenvalue weighted by molar-refractivity contribution is 7.99. The average Bonchev–Trinajstić information content (AvgIpc) is 2.55. The van der Waals surface area contributed by atoms with E-state index in [0.717, 1.165) is 17.9 Å². The SMILES string of the molecule is CO[Si](CCCNC(=O)NCCSCC(C)P=O)(OC)OC.O. The predicted octanol–water partition coefficient (Wildman–Crippen LogP) is 1.14. The van der Waals surface area contributed by atoms with Gasteiger partial charge in [0.15, 0.2) is 8.46 Å². The molecule has 0 aliphatic heterocycles. The summed E-state index contributed by atoms with van der Waals surface area (Å²) in [6, 6.07) is 0.467. The largest absolute Gasteiger partial charge is 0.500 e. The number of hydrogen-bond donors (Lipinski definition) is 2. The Labute approximate surface area is 145 Å². The van der Waals surface area contributed by atoms with Gasteiger partial charge in [0.25, 0.3) is 0 Å². The third kappa shape index (κ3) is 11.9. The normalized spacial score (nSPS) is 12.5. The van der Waals surface area contributed by atoms with E-state index < -0.39 is 8.80 Å². The summed E-state index contributed by atoms with van der Waals surface area (Å²) >= 11 is 1.68. The highest BCUT2D eigenvalue weighted by Crippen LogP contribution is 2.14. The molecule has 0 aromatic rings. The average molecular weight is 388 g/mol. The minimum Gasteiger partial charge on any atom is -0.412 e. The summed E-state index contributed by atoms with van der Waals surface area (Å²) in [6.07, 6.45) is 0.726. The van der Waals surface area contributed by atoms with Crippen molar-refractivity contribution in [3.8, 4) is 0 Å². The van der Waals surface area contributed by atoms with Crippen molar-refractivity contribution < 1.29 is 28.1 Å². The summed E-state index contributed by atoms with van der Waals surface area (Å²) in [5.74, 6) is 1.63. The second kappa shape index (κ2) is 15.3. The van der Waals surface area contributed by atoms with Gasteiger partial charge in [-0.2, -0.15) is 11.8 Å². The van der Waals surface area contributed by atoms with Gasteiger partial charge in [0.1, 0.15) is 0 Å². The first-order valence-electron chi connectivity index (χ1n) is 7.11. The molecule has 4 N–H and O–H groups in total. The molecule has 0 rings (SSSR count). The van der Waals surface area contributed by atoms with Crippen LogP contribution in [-0.4, -0.2) is 71.9 Å². The van der Waals surface area contributed by atoms with Gasteiger partial charge in [-0.3, -0.25) is 4.57 Å². The van der Waals surface area contributed by atoms with Crippen molar-refractivity contribution in [1.82, 2.24) is 10.6 Å². The van der Waals surface area contributed by atoms with Crippen molar-refractivity contribution in [1.29, 1.82) is 0 Å². The van der Waals surface area contributed by atoms with Gasteiger partial charge in [0.2, 0.25) is 0 Å². The third-order valence-electron chi connectivity index (χ3n) is 2.95. The quantitative estimate of drug-likeness (QED) is 0.278. The first-order valence-corrected chi connectivity index (χ1v) is 11.1. The van der Waals surface area contributed by atoms with E-state index in [1.54, 1.807) is 33.1 Å². The smallest absolute Gasteiger partial charge is 0.412 e. The molecule has 138 valence electrons. The molecule has 11 heteroatoms. The van der Waals surface area contributed by atoms with Crippen molar-refractivity contribution >= 4 is 35.1 Å². The maximum absolute atomic E-state index is 11.6. The number of carbonyl (C=O) groups is 1. The van der Waals surface area contributed by atoms with E-state index in [4.69, 9.17) is 13.3 Å². The molecule has 1 unspecified atom stereocenters. The maximum Gasteiger partial charge on any atom is 0.500 e. The lowest BCUT2D eigenvalue weighted by Crippen LogP contribution is -2.44. The first-order chi connectivity index (χ1) is 10.5. The minimum absolute atomic E-state index is 0. The van der Waals surface area contributed by atoms with Gasteiger partial charge in [0, 0.05) is 57.6 Å². The Balaban J connectivity index is 0. The van der Waals surface area contributed by atoms with E-state index in [1.807, 2.05) is 6.92 Å². The molecule has 0 aliphatic rings. The zero-order valence-electron chi connectivity index (χ0n) is 14.2. The predicted molar refractivity (Wildman–Crippen MR) is 95.6 cm³/mol. The number of urea groups is 1. The summed E-state index contributed by atoms with van der Waals surface area (Å²) in [4.78, 5) is 11.6. The summed E-state index contributed by atoms with van der Waals surface area (Å²) in [6.45, 7) is 3.05. The van der Waals surface area contributed by atoms with Crippen LogP contribution in [0.3, 0.4) is 0 Å². The molecule has 0 saturated heterocycles. The highest BCUT2D eigenvalue weighted by Gasteiger charge is 2.36. The van der Waals surface area contributed by atoms with Crippen molar-refractivity contribution in [3.05, 3.63) is 0 Å². The molecule has 0 radical (unpaired) electrons. The Bertz CT molecular complexity index is 318. The Morgan fingerprint density at radius 3 is 2.26 bits per heavy atom. The van der Waals surface area contributed by atoms with E-state index in [1.165, 1.54) is 0 Å². The van der Waals surface area contributed by atoms with Gasteiger partial charge in [-0.25, -0.2) is 4.79 Å². The molecule has 0 aromatic carbocycles. The molecule has 2 amide bonds. The van der Waals surface area contributed by atoms with Crippen molar-refractivity contribution in [2.24, 2.45) is 0 Å². The lowest BCUT2D eigenvalue weighted by molar-refractivity contribution is 0.123. The molecule has 0 spiro atoms. The third-order valence-corrected chi connectivity index (χ3v) is 7.80. The molecule has 0 bridgehead atoms. The molecule has 0 aromatic heterocycles. The molecule has 0 heterocycles. The van der Waals surface area contributed by atoms with Gasteiger partial charge in [-0.15, -0.1) is 0 Å². The zero-order valence-corrected chi connectivity index (χ0v) is 16.9. The van der Waals surface area contributed by atoms with Crippen LogP contribution in [0.4, 0.5) is 4.79 Å². The fraction of sp³-hybridized carbons (Fsp3) is 0.917. The summed E-state index contributed by atoms with van der Waals surface area (Å²) in [7, 11) is 2.35. The number of nitrogens with one attached hydrogen (secondary N) is 2. The van der Waals surface area contributed by atoms with E-state index in [0.29, 0.717) is 19.1 Å². The Morgan fingerprint density at radius 2 is 1.74 bits per heavy atom. The first kappa shape index (κ1) is 25.0. The second-order valence-corrected chi connectivity index (χ2v) is 9.94. The number of thioether (sulfide) groups is 1. The van der Waals surface area contributed by atoms with Crippen LogP contribution < -0.4 is 10.6 Å². The number of amides is 2. The summed E-state index contributed by atoms with van der Waals surface area (Å²) in [5, 5.41) is 5.56. The number of carbonyl (C=O) groups excluding carboxylic acids is 1. The molecular formula is C12H29N2O6PSSi. The van der Waals surface area contributed by atoms with E-state index >= 15 is 0 Å². The highest BCUT2D eigenvalue weighted by atomic mass is 32.2. The molecule has 0 saturated carbocycles. The van der Waals surface area contributed by atoms with Crippen LogP contribution in [0.15, 0.2) is 0 Å². The van der Waals surface area contributed by atoms with Crippen LogP contribution in [0.25, 0.3) is 0 Å². The lowest BCUT2D eigenvalue weighted by Gasteiger charge is -2.24. The molecule has 1 atom stereocenters. The van der Waals surface area contributed by atoms with E-state index in [-0.39, 0.29) is 25.6 Å². The standard InChI is InChI=1S/C12H27N2O5PSSi.H2O/c1-11(20-16)10-21-8-7-14-12(15)13-6-5-9-22(17-2,18-3)19-4;/h11H,5-10H2,1-4H3,(H2,13,14,15);1H2. The van der Waals surface area contributed by atoms with Gasteiger partial charge in [-0.05, 0) is 6.42 Å². The fourth-order valence-corrected chi connectivity index (χ4v) is 4.68. The van der Waals surface area contributed by atoms with Crippen LogP contribution in [0.2, 0.25) is 6.04 Å². The van der Waals surface area contributed by atoms with E-state index in [9.17, 15) is 9.36 Å². The second-order valence-electron chi connectivity index (χ2n) is 4.61. The number of hydrogen-bond acceptors (Lipinski definition) is 6. The Hall–Kier alpha value is -0.223. The molecule has 23 heavy (non-hydrogen) atoms. The Kier molecular flexibility index (Phi) is 16.7. The van der Waals surface area contributed by atoms with Crippen LogP contribution >= 0.6 is 20.2 Å². The van der Waals surface area contributed by atoms with Crippen molar-refractivity contribution in [2.75, 3.05) is 45.9 Å². The lowest BCUT2D eigenvalue weighted by atomic mass is 10.5. The summed E-state index contributed by atoms with van der Waals surface area (Å²) < 4.78 is 26.5. The number of rotatable bonds is 13. The van der Waals surface area contributed by atoms with E-state index in [2.05, 4.69) is 10.6 Å². The summed E-state index contributed by atoms with van der Waals surface area (Å²) in [5.41, 5.74) is 0.158. The zero-order chi connectivity index (χ0) is 16.8. The maximum atomic E-state index is 11.6. The Morgan fingerprint density at radius 1 is 1.17 bits per heavy atom. The van der Waals surface area contributed by atoms with Gasteiger partial charge >= 0.3 is 14.8 Å². The molecular weight excluding hydrogens is 359 g/mol. The minimum atomic E-state index is -2.54. The van der Waals surface area contributed by atoms with Gasteiger partial charge < -0.3 is 29.4 Å². The fourth-order valence-electron chi connectivity index (χ4n) is 1.65. The molecule has 0 fully saturated rings. The van der Waals surface area contributed by atoms with Gasteiger partial charge in [0.05, 0.1) is 0 Å². The molecule has 8 nitrogen and oxygen atoms in total. The van der Waals surface area contributed by atoms with Crippen LogP contribution in [0.5, 0.6) is 0 Å². The van der Waals surface area contributed by atoms with Crippen LogP contribution in [0, 0.1) is 0 Å². The topological polar surface area (TPSA) is 117 Å².